The quantitative estimate of drug-likeness (QED) is 0.879. The van der Waals surface area contributed by atoms with Crippen molar-refractivity contribution in [2.45, 2.75) is 31.7 Å². The molecule has 0 bridgehead atoms. The van der Waals surface area contributed by atoms with Crippen molar-refractivity contribution in [1.29, 1.82) is 0 Å². The van der Waals surface area contributed by atoms with E-state index in [4.69, 9.17) is 0 Å². The summed E-state index contributed by atoms with van der Waals surface area (Å²) in [5.41, 5.74) is 0. The minimum atomic E-state index is 0.562. The van der Waals surface area contributed by atoms with Crippen LogP contribution in [0.5, 0.6) is 0 Å². The van der Waals surface area contributed by atoms with Crippen LogP contribution >= 0.6 is 27.3 Å². The number of hydrogen-bond acceptors (Lipinski definition) is 2. The lowest BCUT2D eigenvalue weighted by Gasteiger charge is -2.22. The Bertz CT molecular complexity index is 291. The zero-order valence-corrected chi connectivity index (χ0v) is 10.8. The summed E-state index contributed by atoms with van der Waals surface area (Å²) in [5, 5.41) is 5.63. The van der Waals surface area contributed by atoms with Crippen molar-refractivity contribution in [1.82, 2.24) is 5.32 Å². The van der Waals surface area contributed by atoms with Gasteiger partial charge >= 0.3 is 0 Å². The molecule has 0 aliphatic heterocycles. The van der Waals surface area contributed by atoms with Crippen LogP contribution in [0.15, 0.2) is 15.9 Å². The summed E-state index contributed by atoms with van der Waals surface area (Å²) >= 11 is 5.48. The fraction of sp³-hybridized carbons (Fsp3) is 0.636. The summed E-state index contributed by atoms with van der Waals surface area (Å²) in [6.45, 7) is 0. The molecular weight excluding hydrogens is 258 g/mol. The molecule has 0 aromatic carbocycles. The van der Waals surface area contributed by atoms with E-state index in [0.717, 1.165) is 5.92 Å². The van der Waals surface area contributed by atoms with E-state index >= 15 is 0 Å². The van der Waals surface area contributed by atoms with Crippen LogP contribution < -0.4 is 5.32 Å². The first-order valence-corrected chi connectivity index (χ1v) is 6.90. The summed E-state index contributed by atoms with van der Waals surface area (Å²) in [5.74, 6) is 0.843. The highest BCUT2D eigenvalue weighted by Crippen LogP contribution is 2.40. The molecular formula is C11H16BrNS. The maximum absolute atomic E-state index is 3.63. The van der Waals surface area contributed by atoms with Gasteiger partial charge in [-0.1, -0.05) is 12.8 Å². The van der Waals surface area contributed by atoms with Crippen molar-refractivity contribution in [2.24, 2.45) is 5.92 Å². The lowest BCUT2D eigenvalue weighted by Crippen LogP contribution is -2.22. The Morgan fingerprint density at radius 2 is 2.21 bits per heavy atom. The summed E-state index contributed by atoms with van der Waals surface area (Å²) in [7, 11) is 2.08. The van der Waals surface area contributed by atoms with Crippen LogP contribution in [-0.2, 0) is 0 Å². The third kappa shape index (κ3) is 2.05. The molecule has 1 atom stereocenters. The van der Waals surface area contributed by atoms with E-state index < -0.39 is 0 Å². The van der Waals surface area contributed by atoms with Gasteiger partial charge in [-0.2, -0.15) is 0 Å². The molecule has 0 spiro atoms. The SMILES string of the molecule is CNC(c1sccc1Br)C1CCCC1. The molecule has 1 aromatic rings. The largest absolute Gasteiger partial charge is 0.312 e. The van der Waals surface area contributed by atoms with Crippen LogP contribution in [0.25, 0.3) is 0 Å². The van der Waals surface area contributed by atoms with Gasteiger partial charge < -0.3 is 5.32 Å². The van der Waals surface area contributed by atoms with E-state index in [1.807, 2.05) is 11.3 Å². The minimum absolute atomic E-state index is 0.562. The highest BCUT2D eigenvalue weighted by Gasteiger charge is 2.26. The predicted octanol–water partition coefficient (Wildman–Crippen LogP) is 3.96. The van der Waals surface area contributed by atoms with E-state index in [0.29, 0.717) is 6.04 Å². The van der Waals surface area contributed by atoms with Gasteiger partial charge in [0.2, 0.25) is 0 Å². The van der Waals surface area contributed by atoms with Gasteiger partial charge in [0.25, 0.3) is 0 Å². The van der Waals surface area contributed by atoms with Gasteiger partial charge in [0, 0.05) is 15.4 Å². The third-order valence-electron chi connectivity index (χ3n) is 3.11. The standard InChI is InChI=1S/C11H16BrNS/c1-13-10(8-4-2-3-5-8)11-9(12)6-7-14-11/h6-8,10,13H,2-5H2,1H3. The molecule has 3 heteroatoms. The summed E-state index contributed by atoms with van der Waals surface area (Å²) in [6, 6.07) is 2.71. The predicted molar refractivity (Wildman–Crippen MR) is 65.8 cm³/mol. The lowest BCUT2D eigenvalue weighted by atomic mass is 9.97. The number of halogens is 1. The van der Waals surface area contributed by atoms with E-state index in [1.54, 1.807) is 0 Å². The van der Waals surface area contributed by atoms with Crippen LogP contribution in [0, 0.1) is 5.92 Å². The van der Waals surface area contributed by atoms with Gasteiger partial charge in [0.15, 0.2) is 0 Å². The Morgan fingerprint density at radius 1 is 1.50 bits per heavy atom. The van der Waals surface area contributed by atoms with E-state index in [-0.39, 0.29) is 0 Å². The number of thiophene rings is 1. The first-order valence-electron chi connectivity index (χ1n) is 5.23. The highest BCUT2D eigenvalue weighted by molar-refractivity contribution is 9.10. The van der Waals surface area contributed by atoms with Crippen molar-refractivity contribution >= 4 is 27.3 Å². The Balaban J connectivity index is 2.16. The van der Waals surface area contributed by atoms with Crippen LogP contribution in [-0.4, -0.2) is 7.05 Å². The molecule has 1 nitrogen and oxygen atoms in total. The molecule has 1 N–H and O–H groups in total. The van der Waals surface area contributed by atoms with Gasteiger partial charge in [-0.15, -0.1) is 11.3 Å². The second-order valence-corrected chi connectivity index (χ2v) is 5.75. The average Bonchev–Trinajstić information content (AvgIpc) is 2.80. The Labute approximate surface area is 98.0 Å². The van der Waals surface area contributed by atoms with Crippen LogP contribution in [0.2, 0.25) is 0 Å². The summed E-state index contributed by atoms with van der Waals surface area (Å²) in [4.78, 5) is 1.47. The van der Waals surface area contributed by atoms with Crippen molar-refractivity contribution < 1.29 is 0 Å². The van der Waals surface area contributed by atoms with Gasteiger partial charge in [0.1, 0.15) is 0 Å². The molecule has 14 heavy (non-hydrogen) atoms. The highest BCUT2D eigenvalue weighted by atomic mass is 79.9. The molecule has 0 radical (unpaired) electrons. The zero-order chi connectivity index (χ0) is 9.97. The monoisotopic (exact) mass is 273 g/mol. The molecule has 1 heterocycles. The summed E-state index contributed by atoms with van der Waals surface area (Å²) < 4.78 is 1.27. The molecule has 1 aliphatic rings. The third-order valence-corrected chi connectivity index (χ3v) is 5.06. The molecule has 1 fully saturated rings. The molecule has 1 saturated carbocycles. The maximum Gasteiger partial charge on any atom is 0.0452 e. The Kier molecular flexibility index (Phi) is 3.63. The molecule has 1 aromatic heterocycles. The molecule has 2 rings (SSSR count). The first-order chi connectivity index (χ1) is 6.83. The topological polar surface area (TPSA) is 12.0 Å². The van der Waals surface area contributed by atoms with Gasteiger partial charge in [-0.25, -0.2) is 0 Å². The van der Waals surface area contributed by atoms with Gasteiger partial charge in [0.05, 0.1) is 0 Å². The van der Waals surface area contributed by atoms with Crippen LogP contribution in [0.4, 0.5) is 0 Å². The zero-order valence-electron chi connectivity index (χ0n) is 8.42. The number of nitrogens with one attached hydrogen (secondary N) is 1. The Morgan fingerprint density at radius 3 is 2.71 bits per heavy atom. The van der Waals surface area contributed by atoms with Crippen LogP contribution in [0.3, 0.4) is 0 Å². The minimum Gasteiger partial charge on any atom is -0.312 e. The molecule has 0 amide bonds. The normalized spacial score (nSPS) is 20.1. The first kappa shape index (κ1) is 10.7. The summed E-state index contributed by atoms with van der Waals surface area (Å²) in [6.07, 6.45) is 5.59. The van der Waals surface area contributed by atoms with E-state index in [2.05, 4.69) is 39.7 Å². The molecule has 0 saturated heterocycles. The smallest absolute Gasteiger partial charge is 0.0452 e. The second-order valence-electron chi connectivity index (χ2n) is 3.94. The lowest BCUT2D eigenvalue weighted by molar-refractivity contribution is 0.394. The number of rotatable bonds is 3. The van der Waals surface area contributed by atoms with Gasteiger partial charge in [-0.3, -0.25) is 0 Å². The Hall–Kier alpha value is 0.140. The maximum atomic E-state index is 3.63. The molecule has 1 unspecified atom stereocenters. The molecule has 78 valence electrons. The van der Waals surface area contributed by atoms with Crippen LogP contribution in [0.1, 0.15) is 36.6 Å². The van der Waals surface area contributed by atoms with E-state index in [9.17, 15) is 0 Å². The van der Waals surface area contributed by atoms with Crippen molar-refractivity contribution in [3.63, 3.8) is 0 Å². The fourth-order valence-corrected chi connectivity index (χ4v) is 4.22. The van der Waals surface area contributed by atoms with Crippen molar-refractivity contribution in [3.05, 3.63) is 20.8 Å². The van der Waals surface area contributed by atoms with Gasteiger partial charge in [-0.05, 0) is 53.2 Å². The number of hydrogen-bond donors (Lipinski definition) is 1. The fourth-order valence-electron chi connectivity index (χ4n) is 2.40. The van der Waals surface area contributed by atoms with Crippen molar-refractivity contribution in [3.8, 4) is 0 Å². The van der Waals surface area contributed by atoms with Crippen molar-refractivity contribution in [2.75, 3.05) is 7.05 Å². The average molecular weight is 274 g/mol. The van der Waals surface area contributed by atoms with E-state index in [1.165, 1.54) is 35.0 Å². The molecule has 1 aliphatic carbocycles. The second kappa shape index (κ2) is 4.77.